The summed E-state index contributed by atoms with van der Waals surface area (Å²) in [5.41, 5.74) is 3.87. The van der Waals surface area contributed by atoms with Gasteiger partial charge in [0.25, 0.3) is 5.91 Å². The van der Waals surface area contributed by atoms with Gasteiger partial charge in [0, 0.05) is 11.3 Å². The lowest BCUT2D eigenvalue weighted by Gasteiger charge is -2.10. The maximum absolute atomic E-state index is 13.0. The highest BCUT2D eigenvalue weighted by Gasteiger charge is 2.08. The van der Waals surface area contributed by atoms with Crippen LogP contribution in [0.5, 0.6) is 0 Å². The summed E-state index contributed by atoms with van der Waals surface area (Å²) in [7, 11) is 0. The van der Waals surface area contributed by atoms with E-state index in [2.05, 4.69) is 10.5 Å². The summed E-state index contributed by atoms with van der Waals surface area (Å²) in [5, 5.41) is 4.19. The van der Waals surface area contributed by atoms with Gasteiger partial charge in [-0.15, -0.1) is 0 Å². The van der Waals surface area contributed by atoms with Crippen LogP contribution in [0.2, 0.25) is 0 Å². The van der Waals surface area contributed by atoms with Crippen LogP contribution in [0.25, 0.3) is 0 Å². The molecular weight excluding hydrogens is 243 g/mol. The van der Waals surface area contributed by atoms with Gasteiger partial charge in [0.1, 0.15) is 5.82 Å². The number of halogens is 1. The van der Waals surface area contributed by atoms with Crippen molar-refractivity contribution in [3.63, 3.8) is 0 Å². The number of carbonyl (C=O) groups is 1. The lowest BCUT2D eigenvalue weighted by Crippen LogP contribution is -2.20. The molecule has 1 aliphatic rings. The van der Waals surface area contributed by atoms with Crippen LogP contribution in [0.15, 0.2) is 29.4 Å². The summed E-state index contributed by atoms with van der Waals surface area (Å²) < 4.78 is 13.0. The van der Waals surface area contributed by atoms with Gasteiger partial charge >= 0.3 is 0 Å². The first-order chi connectivity index (χ1) is 9.25. The molecule has 102 valence electrons. The van der Waals surface area contributed by atoms with Gasteiger partial charge in [-0.2, -0.15) is 5.10 Å². The number of carbonyl (C=O) groups excluding carboxylic acids is 1. The maximum atomic E-state index is 13.0. The van der Waals surface area contributed by atoms with Gasteiger partial charge < -0.3 is 0 Å². The first-order valence-electron chi connectivity index (χ1n) is 6.87. The van der Waals surface area contributed by atoms with Crippen LogP contribution in [0.1, 0.15) is 55.3 Å². The summed E-state index contributed by atoms with van der Waals surface area (Å²) >= 11 is 0. The molecule has 1 aromatic rings. The standard InChI is InChI=1S/C15H19FN2O/c16-13-8-6-7-12(11-13)15(19)18-17-14-9-4-2-1-3-5-10-14/h6-8,11H,1-5,9-10H2,(H,18,19). The molecule has 1 aliphatic carbocycles. The summed E-state index contributed by atoms with van der Waals surface area (Å²) in [6.07, 6.45) is 7.92. The summed E-state index contributed by atoms with van der Waals surface area (Å²) in [5.74, 6) is -0.764. The Morgan fingerprint density at radius 2 is 1.79 bits per heavy atom. The Morgan fingerprint density at radius 3 is 2.47 bits per heavy atom. The molecule has 1 fully saturated rings. The molecule has 0 heterocycles. The molecule has 0 bridgehead atoms. The Labute approximate surface area is 112 Å². The molecule has 0 unspecified atom stereocenters. The van der Waals surface area contributed by atoms with Crippen LogP contribution < -0.4 is 5.43 Å². The SMILES string of the molecule is O=C(NN=C1CCCCCCC1)c1cccc(F)c1. The monoisotopic (exact) mass is 262 g/mol. The van der Waals surface area contributed by atoms with E-state index in [0.29, 0.717) is 5.56 Å². The smallest absolute Gasteiger partial charge is 0.267 e. The molecule has 19 heavy (non-hydrogen) atoms. The topological polar surface area (TPSA) is 41.5 Å². The van der Waals surface area contributed by atoms with Gasteiger partial charge in [-0.25, -0.2) is 9.82 Å². The second-order valence-electron chi connectivity index (χ2n) is 4.90. The van der Waals surface area contributed by atoms with Gasteiger partial charge in [-0.05, 0) is 43.9 Å². The zero-order valence-electron chi connectivity index (χ0n) is 11.0. The highest BCUT2D eigenvalue weighted by atomic mass is 19.1. The minimum atomic E-state index is -0.411. The molecule has 1 saturated carbocycles. The quantitative estimate of drug-likeness (QED) is 0.812. The summed E-state index contributed by atoms with van der Waals surface area (Å²) in [6, 6.07) is 5.63. The zero-order chi connectivity index (χ0) is 13.5. The summed E-state index contributed by atoms with van der Waals surface area (Å²) in [6.45, 7) is 0. The van der Waals surface area contributed by atoms with Gasteiger partial charge in [-0.1, -0.05) is 25.3 Å². The lowest BCUT2D eigenvalue weighted by atomic mass is 9.99. The molecule has 0 aromatic heterocycles. The van der Waals surface area contributed by atoms with Crippen molar-refractivity contribution in [3.8, 4) is 0 Å². The Balaban J connectivity index is 1.94. The molecule has 3 nitrogen and oxygen atoms in total. The zero-order valence-corrected chi connectivity index (χ0v) is 11.0. The number of hydrogen-bond donors (Lipinski definition) is 1. The Kier molecular flexibility index (Phi) is 5.07. The number of hydrazone groups is 1. The average Bonchev–Trinajstić information content (AvgIpc) is 2.37. The van der Waals surface area contributed by atoms with Crippen molar-refractivity contribution in [3.05, 3.63) is 35.6 Å². The highest BCUT2D eigenvalue weighted by Crippen LogP contribution is 2.14. The number of benzene rings is 1. The number of nitrogens with zero attached hydrogens (tertiary/aromatic N) is 1. The number of rotatable bonds is 2. The molecule has 1 amide bonds. The highest BCUT2D eigenvalue weighted by molar-refractivity contribution is 5.95. The minimum absolute atomic E-state index is 0.301. The van der Waals surface area contributed by atoms with E-state index in [-0.39, 0.29) is 5.91 Å². The predicted molar refractivity (Wildman–Crippen MR) is 73.6 cm³/mol. The second-order valence-corrected chi connectivity index (χ2v) is 4.90. The van der Waals surface area contributed by atoms with Gasteiger partial charge in [0.05, 0.1) is 0 Å². The fraction of sp³-hybridized carbons (Fsp3) is 0.467. The van der Waals surface area contributed by atoms with E-state index in [9.17, 15) is 9.18 Å². The van der Waals surface area contributed by atoms with E-state index in [1.54, 1.807) is 6.07 Å². The Bertz CT molecular complexity index is 461. The van der Waals surface area contributed by atoms with Crippen molar-refractivity contribution in [2.45, 2.75) is 44.9 Å². The van der Waals surface area contributed by atoms with Crippen molar-refractivity contribution in [2.24, 2.45) is 5.10 Å². The predicted octanol–water partition coefficient (Wildman–Crippen LogP) is 3.66. The molecule has 0 radical (unpaired) electrons. The number of hydrogen-bond acceptors (Lipinski definition) is 2. The average molecular weight is 262 g/mol. The fourth-order valence-corrected chi connectivity index (χ4v) is 2.25. The van der Waals surface area contributed by atoms with Crippen LogP contribution in [0.4, 0.5) is 4.39 Å². The third-order valence-corrected chi connectivity index (χ3v) is 3.33. The third-order valence-electron chi connectivity index (χ3n) is 3.33. The van der Waals surface area contributed by atoms with E-state index >= 15 is 0 Å². The van der Waals surface area contributed by atoms with Crippen LogP contribution in [0, 0.1) is 5.82 Å². The van der Waals surface area contributed by atoms with Gasteiger partial charge in [0.2, 0.25) is 0 Å². The summed E-state index contributed by atoms with van der Waals surface area (Å²) in [4.78, 5) is 11.8. The molecule has 0 atom stereocenters. The van der Waals surface area contributed by atoms with Crippen molar-refractivity contribution >= 4 is 11.6 Å². The molecule has 0 spiro atoms. The number of nitrogens with one attached hydrogen (secondary N) is 1. The minimum Gasteiger partial charge on any atom is -0.267 e. The largest absolute Gasteiger partial charge is 0.271 e. The van der Waals surface area contributed by atoms with Crippen molar-refractivity contribution in [1.82, 2.24) is 5.43 Å². The Hall–Kier alpha value is -1.71. The normalized spacial score (nSPS) is 16.4. The van der Waals surface area contributed by atoms with Crippen LogP contribution in [0.3, 0.4) is 0 Å². The van der Waals surface area contributed by atoms with Crippen LogP contribution in [-0.2, 0) is 0 Å². The molecule has 0 saturated heterocycles. The lowest BCUT2D eigenvalue weighted by molar-refractivity contribution is 0.0954. The molecule has 4 heteroatoms. The molecule has 1 N–H and O–H groups in total. The van der Waals surface area contributed by atoms with Gasteiger partial charge in [-0.3, -0.25) is 4.79 Å². The third kappa shape index (κ3) is 4.47. The number of amides is 1. The second kappa shape index (κ2) is 7.02. The molecular formula is C15H19FN2O. The molecule has 1 aromatic carbocycles. The van der Waals surface area contributed by atoms with Gasteiger partial charge in [0.15, 0.2) is 0 Å². The van der Waals surface area contributed by atoms with E-state index in [0.717, 1.165) is 31.4 Å². The van der Waals surface area contributed by atoms with Crippen LogP contribution in [-0.4, -0.2) is 11.6 Å². The first-order valence-corrected chi connectivity index (χ1v) is 6.87. The van der Waals surface area contributed by atoms with E-state index in [1.807, 2.05) is 0 Å². The maximum Gasteiger partial charge on any atom is 0.271 e. The Morgan fingerprint density at radius 1 is 1.11 bits per heavy atom. The molecule has 2 rings (SSSR count). The van der Waals surface area contributed by atoms with Crippen molar-refractivity contribution in [1.29, 1.82) is 0 Å². The van der Waals surface area contributed by atoms with Crippen molar-refractivity contribution < 1.29 is 9.18 Å². The fourth-order valence-electron chi connectivity index (χ4n) is 2.25. The molecule has 0 aliphatic heterocycles. The van der Waals surface area contributed by atoms with E-state index in [4.69, 9.17) is 0 Å². The first kappa shape index (κ1) is 13.7. The van der Waals surface area contributed by atoms with Crippen molar-refractivity contribution in [2.75, 3.05) is 0 Å². The van der Waals surface area contributed by atoms with E-state index < -0.39 is 5.82 Å². The van der Waals surface area contributed by atoms with E-state index in [1.165, 1.54) is 37.5 Å². The van der Waals surface area contributed by atoms with Crippen LogP contribution >= 0.6 is 0 Å².